The Hall–Kier alpha value is -1.91. The summed E-state index contributed by atoms with van der Waals surface area (Å²) in [4.78, 5) is 0. The van der Waals surface area contributed by atoms with E-state index in [0.29, 0.717) is 39.6 Å². The molecule has 0 atom stereocenters. The highest BCUT2D eigenvalue weighted by Gasteiger charge is 2.07. The molecular weight excluding hydrogens is 381 g/mol. The van der Waals surface area contributed by atoms with E-state index in [1.807, 2.05) is 18.2 Å². The van der Waals surface area contributed by atoms with Crippen LogP contribution in [0.1, 0.15) is 5.56 Å². The van der Waals surface area contributed by atoms with Crippen molar-refractivity contribution >= 4 is 35.6 Å². The highest BCUT2D eigenvalue weighted by atomic mass is 35.5. The summed E-state index contributed by atoms with van der Waals surface area (Å²) in [5, 5.41) is 1.31. The van der Waals surface area contributed by atoms with Gasteiger partial charge in [-0.15, -0.1) is 12.4 Å². The highest BCUT2D eigenvalue weighted by Crippen LogP contribution is 2.32. The van der Waals surface area contributed by atoms with Crippen molar-refractivity contribution in [2.45, 2.75) is 6.54 Å². The monoisotopic (exact) mass is 395 g/mol. The summed E-state index contributed by atoms with van der Waals surface area (Å²) in [6.07, 6.45) is 0. The molecule has 3 aromatic carbocycles. The smallest absolute Gasteiger partial charge is 0.135 e. The van der Waals surface area contributed by atoms with Gasteiger partial charge in [-0.2, -0.15) is 0 Å². The van der Waals surface area contributed by atoms with E-state index in [9.17, 15) is 0 Å². The van der Waals surface area contributed by atoms with Crippen molar-refractivity contribution in [2.75, 3.05) is 0 Å². The van der Waals surface area contributed by atoms with Gasteiger partial charge in [0.25, 0.3) is 0 Å². The maximum atomic E-state index is 5.91. The van der Waals surface area contributed by atoms with Crippen LogP contribution in [0, 0.1) is 0 Å². The molecule has 0 heterocycles. The average molecular weight is 397 g/mol. The van der Waals surface area contributed by atoms with Gasteiger partial charge in [-0.25, -0.2) is 0 Å². The second kappa shape index (κ2) is 8.97. The normalized spacial score (nSPS) is 10.0. The predicted molar refractivity (Wildman–Crippen MR) is 105 cm³/mol. The molecule has 6 heteroatoms. The Morgan fingerprint density at radius 3 is 1.68 bits per heavy atom. The second-order valence-electron chi connectivity index (χ2n) is 5.09. The largest absolute Gasteiger partial charge is 0.457 e. The zero-order valence-electron chi connectivity index (χ0n) is 13.1. The standard InChI is InChI=1S/C19H15Cl2NO2.ClH/c20-14-2-7-16(8-3-14)23-18-6-1-13(12-22)19(11-18)24-17-9-4-15(21)5-10-17;/h1-11H,12,22H2;1H. The zero-order valence-corrected chi connectivity index (χ0v) is 15.4. The van der Waals surface area contributed by atoms with Crippen LogP contribution in [0.4, 0.5) is 0 Å². The molecule has 2 N–H and O–H groups in total. The first-order valence-corrected chi connectivity index (χ1v) is 8.09. The third-order valence-electron chi connectivity index (χ3n) is 3.35. The molecule has 130 valence electrons. The van der Waals surface area contributed by atoms with E-state index in [1.54, 1.807) is 48.5 Å². The lowest BCUT2D eigenvalue weighted by molar-refractivity contribution is 0.456. The van der Waals surface area contributed by atoms with E-state index in [-0.39, 0.29) is 12.4 Å². The van der Waals surface area contributed by atoms with E-state index in [2.05, 4.69) is 0 Å². The first-order chi connectivity index (χ1) is 11.6. The fourth-order valence-electron chi connectivity index (χ4n) is 2.13. The quantitative estimate of drug-likeness (QED) is 0.538. The van der Waals surface area contributed by atoms with Crippen LogP contribution in [0.15, 0.2) is 66.7 Å². The van der Waals surface area contributed by atoms with Crippen LogP contribution in [0.3, 0.4) is 0 Å². The lowest BCUT2D eigenvalue weighted by atomic mass is 10.2. The summed E-state index contributed by atoms with van der Waals surface area (Å²) in [5.74, 6) is 2.67. The van der Waals surface area contributed by atoms with Gasteiger partial charge < -0.3 is 15.2 Å². The minimum atomic E-state index is 0. The summed E-state index contributed by atoms with van der Waals surface area (Å²) in [6.45, 7) is 0.365. The maximum absolute atomic E-state index is 5.91. The van der Waals surface area contributed by atoms with Crippen molar-refractivity contribution in [1.29, 1.82) is 0 Å². The van der Waals surface area contributed by atoms with E-state index in [4.69, 9.17) is 38.4 Å². The van der Waals surface area contributed by atoms with Gasteiger partial charge in [0.1, 0.15) is 23.0 Å². The molecule has 0 unspecified atom stereocenters. The highest BCUT2D eigenvalue weighted by molar-refractivity contribution is 6.30. The Balaban J connectivity index is 0.00000225. The zero-order chi connectivity index (χ0) is 16.9. The van der Waals surface area contributed by atoms with E-state index in [0.717, 1.165) is 5.56 Å². The Morgan fingerprint density at radius 2 is 1.16 bits per heavy atom. The van der Waals surface area contributed by atoms with Crippen LogP contribution >= 0.6 is 35.6 Å². The molecule has 0 aromatic heterocycles. The fraction of sp³-hybridized carbons (Fsp3) is 0.0526. The minimum absolute atomic E-state index is 0. The molecule has 0 saturated carbocycles. The van der Waals surface area contributed by atoms with Crippen molar-refractivity contribution in [1.82, 2.24) is 0 Å². The molecule has 0 bridgehead atoms. The Kier molecular flexibility index (Phi) is 6.97. The lowest BCUT2D eigenvalue weighted by Crippen LogP contribution is -2.00. The number of ether oxygens (including phenoxy) is 2. The molecule has 0 radical (unpaired) electrons. The van der Waals surface area contributed by atoms with Gasteiger partial charge in [-0.1, -0.05) is 29.3 Å². The molecule has 0 saturated heterocycles. The number of benzene rings is 3. The van der Waals surface area contributed by atoms with Crippen LogP contribution in [-0.2, 0) is 6.54 Å². The molecule has 0 aliphatic rings. The molecule has 0 fully saturated rings. The lowest BCUT2D eigenvalue weighted by Gasteiger charge is -2.13. The third-order valence-corrected chi connectivity index (χ3v) is 3.85. The number of nitrogens with two attached hydrogens (primary N) is 1. The fourth-order valence-corrected chi connectivity index (χ4v) is 2.38. The van der Waals surface area contributed by atoms with E-state index < -0.39 is 0 Å². The summed E-state index contributed by atoms with van der Waals surface area (Å²) in [6, 6.07) is 19.8. The molecule has 0 spiro atoms. The van der Waals surface area contributed by atoms with Gasteiger partial charge in [-0.3, -0.25) is 0 Å². The van der Waals surface area contributed by atoms with Crippen molar-refractivity contribution in [3.8, 4) is 23.0 Å². The summed E-state index contributed by atoms with van der Waals surface area (Å²) < 4.78 is 11.7. The molecule has 25 heavy (non-hydrogen) atoms. The summed E-state index contributed by atoms with van der Waals surface area (Å²) >= 11 is 11.8. The Labute approximate surface area is 162 Å². The van der Waals surface area contributed by atoms with E-state index in [1.165, 1.54) is 0 Å². The van der Waals surface area contributed by atoms with Crippen molar-refractivity contribution < 1.29 is 9.47 Å². The van der Waals surface area contributed by atoms with Crippen LogP contribution in [0.5, 0.6) is 23.0 Å². The van der Waals surface area contributed by atoms with Gasteiger partial charge in [0.05, 0.1) is 0 Å². The van der Waals surface area contributed by atoms with Gasteiger partial charge in [-0.05, 0) is 54.6 Å². The van der Waals surface area contributed by atoms with E-state index >= 15 is 0 Å². The molecule has 3 aromatic rings. The number of hydrogen-bond acceptors (Lipinski definition) is 3. The topological polar surface area (TPSA) is 44.5 Å². The first-order valence-electron chi connectivity index (χ1n) is 7.34. The van der Waals surface area contributed by atoms with Gasteiger partial charge >= 0.3 is 0 Å². The predicted octanol–water partition coefficient (Wildman–Crippen LogP) is 6.46. The summed E-state index contributed by atoms with van der Waals surface area (Å²) in [7, 11) is 0. The van der Waals surface area contributed by atoms with Crippen LogP contribution < -0.4 is 15.2 Å². The van der Waals surface area contributed by atoms with Gasteiger partial charge in [0.15, 0.2) is 0 Å². The number of halogens is 3. The first kappa shape index (κ1) is 19.4. The molecule has 0 aliphatic heterocycles. The van der Waals surface area contributed by atoms with Gasteiger partial charge in [0, 0.05) is 28.2 Å². The summed E-state index contributed by atoms with van der Waals surface area (Å²) in [5.41, 5.74) is 6.67. The number of hydrogen-bond donors (Lipinski definition) is 1. The number of rotatable bonds is 5. The maximum Gasteiger partial charge on any atom is 0.135 e. The van der Waals surface area contributed by atoms with Gasteiger partial charge in [0.2, 0.25) is 0 Å². The van der Waals surface area contributed by atoms with Crippen LogP contribution in [0.2, 0.25) is 10.0 Å². The molecule has 3 nitrogen and oxygen atoms in total. The molecule has 0 aliphatic carbocycles. The molecular formula is C19H16Cl3NO2. The van der Waals surface area contributed by atoms with Crippen molar-refractivity contribution in [3.05, 3.63) is 82.3 Å². The Morgan fingerprint density at radius 1 is 0.680 bits per heavy atom. The second-order valence-corrected chi connectivity index (χ2v) is 5.96. The minimum Gasteiger partial charge on any atom is -0.457 e. The van der Waals surface area contributed by atoms with Crippen LogP contribution in [-0.4, -0.2) is 0 Å². The molecule has 3 rings (SSSR count). The third kappa shape index (κ3) is 5.28. The van der Waals surface area contributed by atoms with Crippen molar-refractivity contribution in [2.24, 2.45) is 5.73 Å². The van der Waals surface area contributed by atoms with Crippen molar-refractivity contribution in [3.63, 3.8) is 0 Å². The SMILES string of the molecule is Cl.NCc1ccc(Oc2ccc(Cl)cc2)cc1Oc1ccc(Cl)cc1. The van der Waals surface area contributed by atoms with Crippen LogP contribution in [0.25, 0.3) is 0 Å². The Bertz CT molecular complexity index is 821. The average Bonchev–Trinajstić information content (AvgIpc) is 2.59. The molecule has 0 amide bonds.